The Bertz CT molecular complexity index is 1180. The number of methoxy groups -OCH3 is 1. The van der Waals surface area contributed by atoms with E-state index in [1.165, 1.54) is 12.1 Å². The minimum atomic E-state index is -4.07. The van der Waals surface area contributed by atoms with Crippen LogP contribution in [0.25, 0.3) is 10.9 Å². The predicted octanol–water partition coefficient (Wildman–Crippen LogP) is 3.55. The number of rotatable bonds is 5. The van der Waals surface area contributed by atoms with Crippen LogP contribution in [0.2, 0.25) is 10.2 Å². The fourth-order valence-corrected chi connectivity index (χ4v) is 3.74. The number of aromatic nitrogens is 1. The highest BCUT2D eigenvalue weighted by atomic mass is 35.5. The molecule has 0 aliphatic rings. The number of carbonyl (C=O) groups excluding carboxylic acids is 1. The fraction of sp³-hybridized carbons (Fsp3) is 0.111. The number of fused-ring (bicyclic) bond motifs is 1. The topological polar surface area (TPSA) is 109 Å². The summed E-state index contributed by atoms with van der Waals surface area (Å²) in [6.07, 6.45) is 0. The maximum absolute atomic E-state index is 12.3. The second kappa shape index (κ2) is 7.92. The number of sulfonamides is 1. The first-order valence-corrected chi connectivity index (χ1v) is 10.1. The Morgan fingerprint density at radius 3 is 2.57 bits per heavy atom. The van der Waals surface area contributed by atoms with Gasteiger partial charge in [0, 0.05) is 17.0 Å². The zero-order valence-electron chi connectivity index (χ0n) is 14.5. The lowest BCUT2D eigenvalue weighted by atomic mass is 10.1. The number of ether oxygens (including phenoxy) is 2. The quantitative estimate of drug-likeness (QED) is 0.479. The van der Waals surface area contributed by atoms with Crippen LogP contribution in [0.15, 0.2) is 47.4 Å². The summed E-state index contributed by atoms with van der Waals surface area (Å²) in [5, 5.41) is 5.97. The number of nitrogens with zero attached hydrogens (tertiary/aromatic N) is 1. The number of halogens is 2. The highest BCUT2D eigenvalue weighted by Crippen LogP contribution is 2.26. The lowest BCUT2D eigenvalue weighted by Crippen LogP contribution is -2.14. The number of benzene rings is 2. The molecular formula is C18H14Cl2N2O5S. The molecule has 0 aliphatic carbocycles. The summed E-state index contributed by atoms with van der Waals surface area (Å²) >= 11 is 12.0. The van der Waals surface area contributed by atoms with Crippen LogP contribution in [0.5, 0.6) is 5.75 Å². The molecule has 0 saturated heterocycles. The van der Waals surface area contributed by atoms with Gasteiger partial charge >= 0.3 is 5.97 Å². The van der Waals surface area contributed by atoms with Crippen molar-refractivity contribution in [2.45, 2.75) is 11.5 Å². The highest BCUT2D eigenvalue weighted by Gasteiger charge is 2.18. The van der Waals surface area contributed by atoms with Gasteiger partial charge in [-0.05, 0) is 36.4 Å². The van der Waals surface area contributed by atoms with E-state index >= 15 is 0 Å². The van der Waals surface area contributed by atoms with E-state index in [1.54, 1.807) is 31.4 Å². The summed E-state index contributed by atoms with van der Waals surface area (Å²) in [5.41, 5.74) is 1.12. The minimum absolute atomic E-state index is 0.0111. The zero-order valence-corrected chi connectivity index (χ0v) is 16.8. The van der Waals surface area contributed by atoms with Gasteiger partial charge in [0.05, 0.1) is 23.2 Å². The predicted molar refractivity (Wildman–Crippen MR) is 105 cm³/mol. The van der Waals surface area contributed by atoms with Gasteiger partial charge in [-0.2, -0.15) is 0 Å². The molecule has 0 spiro atoms. The van der Waals surface area contributed by atoms with Crippen molar-refractivity contribution in [1.29, 1.82) is 0 Å². The van der Waals surface area contributed by atoms with E-state index in [0.717, 1.165) is 11.5 Å². The van der Waals surface area contributed by atoms with Gasteiger partial charge in [0.2, 0.25) is 10.0 Å². The molecule has 0 fully saturated rings. The van der Waals surface area contributed by atoms with Crippen molar-refractivity contribution in [3.63, 3.8) is 0 Å². The third-order valence-corrected chi connectivity index (χ3v) is 5.60. The van der Waals surface area contributed by atoms with Crippen molar-refractivity contribution >= 4 is 50.1 Å². The SMILES string of the molecule is COc1ccc2cc(COC(=O)c3ccc(Cl)c(S(N)(=O)=O)c3)c(Cl)nc2c1. The molecule has 0 radical (unpaired) electrons. The molecule has 28 heavy (non-hydrogen) atoms. The minimum Gasteiger partial charge on any atom is -0.497 e. The van der Waals surface area contributed by atoms with Crippen molar-refractivity contribution in [2.75, 3.05) is 7.11 Å². The second-order valence-electron chi connectivity index (χ2n) is 5.76. The van der Waals surface area contributed by atoms with Gasteiger partial charge in [0.15, 0.2) is 0 Å². The van der Waals surface area contributed by atoms with Gasteiger partial charge in [-0.15, -0.1) is 0 Å². The first-order chi connectivity index (χ1) is 13.2. The molecule has 0 saturated carbocycles. The number of nitrogens with two attached hydrogens (primary N) is 1. The Balaban J connectivity index is 1.82. The summed E-state index contributed by atoms with van der Waals surface area (Å²) in [6, 6.07) is 10.7. The van der Waals surface area contributed by atoms with E-state index in [0.29, 0.717) is 16.8 Å². The van der Waals surface area contributed by atoms with Crippen LogP contribution in [-0.2, 0) is 21.4 Å². The normalized spacial score (nSPS) is 11.4. The zero-order chi connectivity index (χ0) is 20.5. The monoisotopic (exact) mass is 440 g/mol. The van der Waals surface area contributed by atoms with Gasteiger partial charge in [0.1, 0.15) is 22.4 Å². The van der Waals surface area contributed by atoms with E-state index in [1.807, 2.05) is 0 Å². The van der Waals surface area contributed by atoms with Crippen LogP contribution in [-0.4, -0.2) is 26.5 Å². The Hall–Kier alpha value is -2.39. The molecule has 0 bridgehead atoms. The molecule has 2 N–H and O–H groups in total. The van der Waals surface area contributed by atoms with Crippen molar-refractivity contribution in [2.24, 2.45) is 5.14 Å². The van der Waals surface area contributed by atoms with Gasteiger partial charge in [-0.1, -0.05) is 23.2 Å². The molecule has 3 rings (SSSR count). The number of esters is 1. The first-order valence-electron chi connectivity index (χ1n) is 7.81. The third-order valence-electron chi connectivity index (χ3n) is 3.88. The molecule has 2 aromatic carbocycles. The third kappa shape index (κ3) is 4.36. The van der Waals surface area contributed by atoms with Crippen molar-refractivity contribution in [3.05, 3.63) is 63.8 Å². The van der Waals surface area contributed by atoms with Gasteiger partial charge in [0.25, 0.3) is 0 Å². The van der Waals surface area contributed by atoms with E-state index in [4.69, 9.17) is 37.8 Å². The largest absolute Gasteiger partial charge is 0.497 e. The fourth-order valence-electron chi connectivity index (χ4n) is 2.47. The van der Waals surface area contributed by atoms with Gasteiger partial charge < -0.3 is 9.47 Å². The van der Waals surface area contributed by atoms with Crippen LogP contribution in [0.1, 0.15) is 15.9 Å². The van der Waals surface area contributed by atoms with Crippen LogP contribution < -0.4 is 9.88 Å². The summed E-state index contributed by atoms with van der Waals surface area (Å²) in [4.78, 5) is 16.2. The van der Waals surface area contributed by atoms with Crippen LogP contribution in [0.3, 0.4) is 0 Å². The maximum atomic E-state index is 12.3. The molecule has 146 valence electrons. The molecule has 1 heterocycles. The second-order valence-corrected chi connectivity index (χ2v) is 8.06. The highest BCUT2D eigenvalue weighted by molar-refractivity contribution is 7.89. The van der Waals surface area contributed by atoms with E-state index in [9.17, 15) is 13.2 Å². The maximum Gasteiger partial charge on any atom is 0.338 e. The van der Waals surface area contributed by atoms with Crippen molar-refractivity contribution < 1.29 is 22.7 Å². The Morgan fingerprint density at radius 2 is 1.89 bits per heavy atom. The molecule has 10 heteroatoms. The Kier molecular flexibility index (Phi) is 5.76. The summed E-state index contributed by atoms with van der Waals surface area (Å²) < 4.78 is 33.4. The first kappa shape index (κ1) is 20.3. The van der Waals surface area contributed by atoms with E-state index in [2.05, 4.69) is 4.98 Å². The van der Waals surface area contributed by atoms with Crippen LogP contribution in [0, 0.1) is 0 Å². The van der Waals surface area contributed by atoms with Crippen LogP contribution >= 0.6 is 23.2 Å². The standard InChI is InChI=1S/C18H14Cl2N2O5S/c1-26-13-4-2-10-6-12(17(20)22-15(10)8-13)9-27-18(23)11-3-5-14(19)16(7-11)28(21,24)25/h2-8H,9H2,1H3,(H2,21,24,25). The molecule has 0 amide bonds. The summed E-state index contributed by atoms with van der Waals surface area (Å²) in [7, 11) is -2.52. The lowest BCUT2D eigenvalue weighted by Gasteiger charge is -2.09. The molecule has 0 aliphatic heterocycles. The number of primary sulfonamides is 1. The Morgan fingerprint density at radius 1 is 1.14 bits per heavy atom. The lowest BCUT2D eigenvalue weighted by molar-refractivity contribution is 0.0472. The molecular weight excluding hydrogens is 427 g/mol. The number of pyridine rings is 1. The van der Waals surface area contributed by atoms with E-state index < -0.39 is 16.0 Å². The van der Waals surface area contributed by atoms with Gasteiger partial charge in [-0.25, -0.2) is 23.3 Å². The Labute approximate surface area is 171 Å². The molecule has 0 unspecified atom stereocenters. The molecule has 7 nitrogen and oxygen atoms in total. The molecule has 1 aromatic heterocycles. The molecule has 0 atom stereocenters. The molecule has 3 aromatic rings. The van der Waals surface area contributed by atoms with E-state index in [-0.39, 0.29) is 27.2 Å². The van der Waals surface area contributed by atoms with Crippen LogP contribution in [0.4, 0.5) is 0 Å². The summed E-state index contributed by atoms with van der Waals surface area (Å²) in [5.74, 6) is -0.115. The average Bonchev–Trinajstić information content (AvgIpc) is 2.65. The number of hydrogen-bond donors (Lipinski definition) is 1. The summed E-state index contributed by atoms with van der Waals surface area (Å²) in [6.45, 7) is -0.153. The van der Waals surface area contributed by atoms with Crippen molar-refractivity contribution in [3.8, 4) is 5.75 Å². The number of carbonyl (C=O) groups is 1. The number of hydrogen-bond acceptors (Lipinski definition) is 6. The van der Waals surface area contributed by atoms with Crippen molar-refractivity contribution in [1.82, 2.24) is 4.98 Å². The average molecular weight is 441 g/mol. The smallest absolute Gasteiger partial charge is 0.338 e. The van der Waals surface area contributed by atoms with Gasteiger partial charge in [-0.3, -0.25) is 0 Å².